The summed E-state index contributed by atoms with van der Waals surface area (Å²) in [6.45, 7) is 1.87. The maximum Gasteiger partial charge on any atom is 0.298 e. The number of phenols is 1. The number of fused-ring (bicyclic) bond motifs is 1. The van der Waals surface area contributed by atoms with Gasteiger partial charge in [-0.3, -0.25) is 10.1 Å². The first-order valence-electron chi connectivity index (χ1n) is 7.24. The summed E-state index contributed by atoms with van der Waals surface area (Å²) >= 11 is 0. The molecule has 2 aromatic carbocycles. The summed E-state index contributed by atoms with van der Waals surface area (Å²) in [7, 11) is 0. The van der Waals surface area contributed by atoms with Crippen LogP contribution in [0.5, 0.6) is 5.75 Å². The van der Waals surface area contributed by atoms with Crippen molar-refractivity contribution in [2.24, 2.45) is 0 Å². The van der Waals surface area contributed by atoms with E-state index in [1.807, 2.05) is 13.0 Å². The zero-order valence-electron chi connectivity index (χ0n) is 12.7. The molecule has 0 saturated carbocycles. The number of nitrogens with one attached hydrogen (secondary N) is 1. The number of anilines is 1. The first-order valence-corrected chi connectivity index (χ1v) is 7.24. The minimum atomic E-state index is -0.676. The molecular weight excluding hydrogens is 313 g/mol. The van der Waals surface area contributed by atoms with Gasteiger partial charge in [-0.1, -0.05) is 12.1 Å². The second-order valence-corrected chi connectivity index (χ2v) is 5.41. The lowest BCUT2D eigenvalue weighted by Gasteiger charge is -2.15. The van der Waals surface area contributed by atoms with E-state index < -0.39 is 10.7 Å². The third-order valence-corrected chi connectivity index (χ3v) is 3.67. The van der Waals surface area contributed by atoms with Crippen LogP contribution in [0.3, 0.4) is 0 Å². The van der Waals surface area contributed by atoms with E-state index in [0.29, 0.717) is 11.2 Å². The van der Waals surface area contributed by atoms with Crippen LogP contribution in [0.2, 0.25) is 0 Å². The summed E-state index contributed by atoms with van der Waals surface area (Å²) in [4.78, 5) is 14.7. The van der Waals surface area contributed by atoms with Gasteiger partial charge >= 0.3 is 0 Å². The number of aromatic nitrogens is 1. The molecule has 0 saturated heterocycles. The van der Waals surface area contributed by atoms with E-state index in [2.05, 4.69) is 10.3 Å². The summed E-state index contributed by atoms with van der Waals surface area (Å²) in [6, 6.07) is 11.9. The van der Waals surface area contributed by atoms with Crippen molar-refractivity contribution in [3.63, 3.8) is 0 Å². The second kappa shape index (κ2) is 6.11. The first-order chi connectivity index (χ1) is 11.4. The Hall–Kier alpha value is -3.22. The van der Waals surface area contributed by atoms with Crippen LogP contribution in [0.25, 0.3) is 10.9 Å². The molecule has 7 heteroatoms. The third kappa shape index (κ3) is 3.10. The lowest BCUT2D eigenvalue weighted by atomic mass is 10.1. The van der Waals surface area contributed by atoms with Crippen molar-refractivity contribution < 1.29 is 14.4 Å². The standard InChI is InChI=1S/C17H14FN3O3/c1-10(11-3-2-4-14(22)8-11)19-16-6-5-12-7-13(18)9-15(21(23)24)17(12)20-16/h2-10,22H,1H3,(H,19,20)/t10-/m1/s1. The number of nitro benzene ring substituents is 1. The van der Waals surface area contributed by atoms with E-state index in [1.54, 1.807) is 30.3 Å². The Balaban J connectivity index is 1.97. The molecule has 24 heavy (non-hydrogen) atoms. The van der Waals surface area contributed by atoms with Crippen LogP contribution in [0.1, 0.15) is 18.5 Å². The zero-order chi connectivity index (χ0) is 17.3. The van der Waals surface area contributed by atoms with E-state index in [4.69, 9.17) is 0 Å². The van der Waals surface area contributed by atoms with Gasteiger partial charge in [0.05, 0.1) is 17.0 Å². The van der Waals surface area contributed by atoms with E-state index in [-0.39, 0.29) is 23.0 Å². The van der Waals surface area contributed by atoms with Crippen LogP contribution in [0.15, 0.2) is 48.5 Å². The quantitative estimate of drug-likeness (QED) is 0.555. The number of hydrogen-bond donors (Lipinski definition) is 2. The largest absolute Gasteiger partial charge is 0.508 e. The van der Waals surface area contributed by atoms with Gasteiger partial charge in [0, 0.05) is 5.39 Å². The lowest BCUT2D eigenvalue weighted by molar-refractivity contribution is -0.383. The summed E-state index contributed by atoms with van der Waals surface area (Å²) < 4.78 is 13.5. The number of aromatic hydroxyl groups is 1. The Morgan fingerprint density at radius 3 is 2.75 bits per heavy atom. The van der Waals surface area contributed by atoms with Gasteiger partial charge in [-0.2, -0.15) is 0 Å². The van der Waals surface area contributed by atoms with Crippen LogP contribution < -0.4 is 5.32 Å². The van der Waals surface area contributed by atoms with Crippen molar-refractivity contribution in [3.8, 4) is 5.75 Å². The predicted octanol–water partition coefficient (Wildman–Crippen LogP) is 4.16. The number of non-ortho nitro benzene ring substituents is 1. The first kappa shape index (κ1) is 15.7. The van der Waals surface area contributed by atoms with Gasteiger partial charge in [0.2, 0.25) is 0 Å². The van der Waals surface area contributed by atoms with Crippen molar-refractivity contribution in [1.29, 1.82) is 0 Å². The normalized spacial score (nSPS) is 12.1. The van der Waals surface area contributed by atoms with Crippen molar-refractivity contribution >= 4 is 22.4 Å². The van der Waals surface area contributed by atoms with Gasteiger partial charge in [-0.15, -0.1) is 0 Å². The Bertz CT molecular complexity index is 930. The van der Waals surface area contributed by atoms with Gasteiger partial charge in [0.1, 0.15) is 17.4 Å². The maximum absolute atomic E-state index is 13.5. The summed E-state index contributed by atoms with van der Waals surface area (Å²) in [6.07, 6.45) is 0. The Labute approximate surface area is 136 Å². The molecule has 1 atom stereocenters. The highest BCUT2D eigenvalue weighted by Gasteiger charge is 2.16. The number of phenolic OH excluding ortho intramolecular Hbond substituents is 1. The van der Waals surface area contributed by atoms with Gasteiger partial charge in [0.15, 0.2) is 5.52 Å². The molecule has 2 N–H and O–H groups in total. The smallest absolute Gasteiger partial charge is 0.298 e. The van der Waals surface area contributed by atoms with Crippen LogP contribution >= 0.6 is 0 Å². The Morgan fingerprint density at radius 2 is 2.04 bits per heavy atom. The fraction of sp³-hybridized carbons (Fsp3) is 0.118. The molecule has 0 unspecified atom stereocenters. The van der Waals surface area contributed by atoms with Gasteiger partial charge < -0.3 is 10.4 Å². The molecule has 0 fully saturated rings. The number of hydrogen-bond acceptors (Lipinski definition) is 5. The van der Waals surface area contributed by atoms with Crippen molar-refractivity contribution in [2.45, 2.75) is 13.0 Å². The van der Waals surface area contributed by atoms with Crippen LogP contribution in [-0.4, -0.2) is 15.0 Å². The molecule has 0 aliphatic heterocycles. The molecule has 0 spiro atoms. The lowest BCUT2D eigenvalue weighted by Crippen LogP contribution is -2.08. The number of halogens is 1. The molecule has 1 aromatic heterocycles. The van der Waals surface area contributed by atoms with Crippen LogP contribution in [-0.2, 0) is 0 Å². The van der Waals surface area contributed by atoms with Crippen LogP contribution in [0, 0.1) is 15.9 Å². The molecule has 6 nitrogen and oxygen atoms in total. The van der Waals surface area contributed by atoms with Crippen molar-refractivity contribution in [2.75, 3.05) is 5.32 Å². The summed E-state index contributed by atoms with van der Waals surface area (Å²) in [5.41, 5.74) is 0.582. The predicted molar refractivity (Wildman–Crippen MR) is 88.5 cm³/mol. The van der Waals surface area contributed by atoms with Crippen LogP contribution in [0.4, 0.5) is 15.9 Å². The number of benzene rings is 2. The highest BCUT2D eigenvalue weighted by molar-refractivity contribution is 5.88. The molecule has 3 rings (SSSR count). The summed E-state index contributed by atoms with van der Waals surface area (Å²) in [5, 5.41) is 24.1. The average molecular weight is 327 g/mol. The molecule has 0 amide bonds. The minimum absolute atomic E-state index is 0.120. The summed E-state index contributed by atoms with van der Waals surface area (Å²) in [5.74, 6) is -0.100. The highest BCUT2D eigenvalue weighted by atomic mass is 19.1. The second-order valence-electron chi connectivity index (χ2n) is 5.41. The van der Waals surface area contributed by atoms with E-state index in [0.717, 1.165) is 11.6 Å². The SMILES string of the molecule is C[C@@H](Nc1ccc2cc(F)cc([N+](=O)[O-])c2n1)c1cccc(O)c1. The van der Waals surface area contributed by atoms with Gasteiger partial charge in [-0.25, -0.2) is 9.37 Å². The van der Waals surface area contributed by atoms with E-state index in [1.165, 1.54) is 6.07 Å². The topological polar surface area (TPSA) is 88.3 Å². The Morgan fingerprint density at radius 1 is 1.25 bits per heavy atom. The zero-order valence-corrected chi connectivity index (χ0v) is 12.7. The fourth-order valence-electron chi connectivity index (χ4n) is 2.50. The van der Waals surface area contributed by atoms with Gasteiger partial charge in [0.25, 0.3) is 5.69 Å². The minimum Gasteiger partial charge on any atom is -0.508 e. The molecule has 3 aromatic rings. The van der Waals surface area contributed by atoms with E-state index >= 15 is 0 Å². The molecule has 0 aliphatic rings. The van der Waals surface area contributed by atoms with E-state index in [9.17, 15) is 19.6 Å². The molecule has 0 bridgehead atoms. The average Bonchev–Trinajstić information content (AvgIpc) is 2.54. The fourth-order valence-corrected chi connectivity index (χ4v) is 2.50. The third-order valence-electron chi connectivity index (χ3n) is 3.67. The molecule has 0 radical (unpaired) electrons. The van der Waals surface area contributed by atoms with Crippen molar-refractivity contribution in [1.82, 2.24) is 4.98 Å². The monoisotopic (exact) mass is 327 g/mol. The number of nitrogens with zero attached hydrogens (tertiary/aromatic N) is 2. The number of pyridine rings is 1. The molecular formula is C17H14FN3O3. The molecule has 122 valence electrons. The maximum atomic E-state index is 13.5. The van der Waals surface area contributed by atoms with Crippen molar-refractivity contribution in [3.05, 3.63) is 70.0 Å². The number of rotatable bonds is 4. The van der Waals surface area contributed by atoms with Gasteiger partial charge in [-0.05, 0) is 42.8 Å². The molecule has 0 aliphatic carbocycles. The molecule has 1 heterocycles. The Kier molecular flexibility index (Phi) is 3.99. The highest BCUT2D eigenvalue weighted by Crippen LogP contribution is 2.28. The number of nitro groups is 1.